The Balaban J connectivity index is 1.10. The van der Waals surface area contributed by atoms with Crippen LogP contribution in [0.2, 0.25) is 0 Å². The van der Waals surface area contributed by atoms with Gasteiger partial charge in [0.2, 0.25) is 0 Å². The molecule has 2 atom stereocenters. The van der Waals surface area contributed by atoms with Crippen molar-refractivity contribution in [3.63, 3.8) is 0 Å². The molecule has 5 rings (SSSR count). The van der Waals surface area contributed by atoms with Gasteiger partial charge in [-0.15, -0.1) is 0 Å². The Labute approximate surface area is 270 Å². The number of likely N-dealkylation sites (tertiary alicyclic amines) is 2. The lowest BCUT2D eigenvalue weighted by atomic mass is 9.88. The molecule has 2 saturated heterocycles. The van der Waals surface area contributed by atoms with Gasteiger partial charge in [0, 0.05) is 62.7 Å². The topological polar surface area (TPSA) is 141 Å². The SMILES string of the molecule is CC[C@@H]1CN(Cc2ccc(C#N)cc2)CC[C@H]1NC(=O)c1ccc(C(=O)N2CCC(C(=O)c3ccc(S(C)(=O)=O)cc3)CC2)cn1. The molecule has 0 bridgehead atoms. The molecule has 2 fully saturated rings. The molecular weight excluding hydrogens is 602 g/mol. The molecule has 0 spiro atoms. The highest BCUT2D eigenvalue weighted by atomic mass is 32.2. The average molecular weight is 642 g/mol. The Kier molecular flexibility index (Phi) is 10.3. The summed E-state index contributed by atoms with van der Waals surface area (Å²) in [6.07, 6.45) is 5.33. The Hall–Kier alpha value is -4.40. The number of rotatable bonds is 9. The Bertz CT molecular complexity index is 1710. The molecule has 0 aliphatic carbocycles. The van der Waals surface area contributed by atoms with E-state index in [4.69, 9.17) is 5.26 Å². The van der Waals surface area contributed by atoms with Crippen LogP contribution in [0.3, 0.4) is 0 Å². The summed E-state index contributed by atoms with van der Waals surface area (Å²) >= 11 is 0. The van der Waals surface area contributed by atoms with Gasteiger partial charge in [-0.25, -0.2) is 8.42 Å². The van der Waals surface area contributed by atoms with Crippen molar-refractivity contribution in [1.82, 2.24) is 20.1 Å². The minimum Gasteiger partial charge on any atom is -0.348 e. The van der Waals surface area contributed by atoms with Crippen LogP contribution in [0.15, 0.2) is 71.8 Å². The van der Waals surface area contributed by atoms with E-state index >= 15 is 0 Å². The molecule has 46 heavy (non-hydrogen) atoms. The Morgan fingerprint density at radius 3 is 2.20 bits per heavy atom. The minimum absolute atomic E-state index is 0.0273. The standard InChI is InChI=1S/C35H39N5O5S/c1-3-26-23-39(22-25-6-4-24(20-36)5-7-25)17-16-31(26)38-34(42)32-13-10-29(21-37-32)35(43)40-18-14-28(15-19-40)33(41)27-8-11-30(12-9-27)46(2,44)45/h4-13,21,26,28,31H,3,14-19,22-23H2,1-2H3,(H,38,42)/t26-,31-/m1/s1. The fourth-order valence-electron chi connectivity index (χ4n) is 6.32. The first-order valence-electron chi connectivity index (χ1n) is 15.7. The van der Waals surface area contributed by atoms with Crippen LogP contribution < -0.4 is 5.32 Å². The van der Waals surface area contributed by atoms with Crippen LogP contribution in [0.5, 0.6) is 0 Å². The van der Waals surface area contributed by atoms with Gasteiger partial charge in [0.25, 0.3) is 11.8 Å². The maximum Gasteiger partial charge on any atom is 0.270 e. The molecule has 2 aliphatic heterocycles. The summed E-state index contributed by atoms with van der Waals surface area (Å²) in [5.41, 5.74) is 2.92. The maximum atomic E-state index is 13.2. The predicted octanol–water partition coefficient (Wildman–Crippen LogP) is 4.12. The number of sulfone groups is 1. The number of carbonyl (C=O) groups is 3. The van der Waals surface area contributed by atoms with Gasteiger partial charge in [0.15, 0.2) is 15.6 Å². The molecule has 2 aromatic carbocycles. The maximum absolute atomic E-state index is 13.2. The number of carbonyl (C=O) groups excluding carboxylic acids is 3. The lowest BCUT2D eigenvalue weighted by Gasteiger charge is -2.38. The number of amides is 2. The molecule has 2 amide bonds. The largest absolute Gasteiger partial charge is 0.348 e. The van der Waals surface area contributed by atoms with Crippen molar-refractivity contribution < 1.29 is 22.8 Å². The Morgan fingerprint density at radius 2 is 1.61 bits per heavy atom. The monoisotopic (exact) mass is 641 g/mol. The van der Waals surface area contributed by atoms with Crippen molar-refractivity contribution in [2.24, 2.45) is 11.8 Å². The molecule has 11 heteroatoms. The molecule has 1 aromatic heterocycles. The van der Waals surface area contributed by atoms with Crippen LogP contribution >= 0.6 is 0 Å². The highest BCUT2D eigenvalue weighted by Crippen LogP contribution is 2.25. The van der Waals surface area contributed by atoms with E-state index in [9.17, 15) is 22.8 Å². The lowest BCUT2D eigenvalue weighted by molar-refractivity contribution is 0.0649. The third kappa shape index (κ3) is 7.87. The molecule has 0 radical (unpaired) electrons. The smallest absolute Gasteiger partial charge is 0.270 e. The van der Waals surface area contributed by atoms with E-state index < -0.39 is 9.84 Å². The summed E-state index contributed by atoms with van der Waals surface area (Å²) in [5.74, 6) is -0.451. The first-order chi connectivity index (χ1) is 22.0. The van der Waals surface area contributed by atoms with E-state index in [1.807, 2.05) is 24.3 Å². The molecule has 2 aliphatic rings. The molecule has 3 heterocycles. The fraction of sp³-hybridized carbons (Fsp3) is 0.400. The second kappa shape index (κ2) is 14.4. The van der Waals surface area contributed by atoms with Crippen molar-refractivity contribution >= 4 is 27.4 Å². The van der Waals surface area contributed by atoms with Crippen LogP contribution in [-0.4, -0.2) is 79.3 Å². The summed E-state index contributed by atoms with van der Waals surface area (Å²) in [6, 6.07) is 19.0. The van der Waals surface area contributed by atoms with E-state index in [0.29, 0.717) is 48.5 Å². The van der Waals surface area contributed by atoms with Gasteiger partial charge >= 0.3 is 0 Å². The summed E-state index contributed by atoms with van der Waals surface area (Å²) in [6.45, 7) is 5.47. The number of Topliss-reactive ketones (excluding diaryl/α,β-unsaturated/α-hetero) is 1. The van der Waals surface area contributed by atoms with Crippen molar-refractivity contribution in [3.05, 3.63) is 94.8 Å². The summed E-state index contributed by atoms with van der Waals surface area (Å²) in [7, 11) is -3.33. The summed E-state index contributed by atoms with van der Waals surface area (Å²) in [5, 5.41) is 12.2. The molecule has 1 N–H and O–H groups in total. The van der Waals surface area contributed by atoms with Crippen molar-refractivity contribution in [1.29, 1.82) is 5.26 Å². The second-order valence-corrected chi connectivity index (χ2v) is 14.3. The van der Waals surface area contributed by atoms with E-state index in [1.165, 1.54) is 18.3 Å². The van der Waals surface area contributed by atoms with Gasteiger partial charge in [-0.3, -0.25) is 24.3 Å². The molecule has 0 saturated carbocycles. The number of aromatic nitrogens is 1. The Morgan fingerprint density at radius 1 is 0.935 bits per heavy atom. The zero-order valence-electron chi connectivity index (χ0n) is 26.2. The first kappa shape index (κ1) is 33.0. The van der Waals surface area contributed by atoms with E-state index in [-0.39, 0.29) is 40.1 Å². The lowest BCUT2D eigenvalue weighted by Crippen LogP contribution is -2.50. The van der Waals surface area contributed by atoms with Crippen LogP contribution in [0, 0.1) is 23.2 Å². The third-order valence-electron chi connectivity index (χ3n) is 9.11. The van der Waals surface area contributed by atoms with Crippen molar-refractivity contribution in [2.45, 2.75) is 50.1 Å². The van der Waals surface area contributed by atoms with Crippen molar-refractivity contribution in [2.75, 3.05) is 32.4 Å². The summed E-state index contributed by atoms with van der Waals surface area (Å²) in [4.78, 5) is 47.8. The first-order valence-corrected chi connectivity index (χ1v) is 17.6. The molecule has 10 nitrogen and oxygen atoms in total. The number of hydrogen-bond donors (Lipinski definition) is 1. The number of nitriles is 1. The number of pyridine rings is 1. The number of nitrogens with zero attached hydrogens (tertiary/aromatic N) is 4. The molecule has 0 unspecified atom stereocenters. The highest BCUT2D eigenvalue weighted by molar-refractivity contribution is 7.90. The molecule has 240 valence electrons. The number of piperidine rings is 2. The van der Waals surface area contributed by atoms with Gasteiger partial charge in [-0.1, -0.05) is 37.6 Å². The highest BCUT2D eigenvalue weighted by Gasteiger charge is 2.31. The van der Waals surface area contributed by atoms with Crippen LogP contribution in [-0.2, 0) is 16.4 Å². The van der Waals surface area contributed by atoms with Gasteiger partial charge in [-0.2, -0.15) is 5.26 Å². The normalized spacial score (nSPS) is 19.3. The van der Waals surface area contributed by atoms with Crippen LogP contribution in [0.25, 0.3) is 0 Å². The van der Waals surface area contributed by atoms with Gasteiger partial charge < -0.3 is 10.2 Å². The molecular formula is C35H39N5O5S. The zero-order valence-corrected chi connectivity index (χ0v) is 27.0. The quantitative estimate of drug-likeness (QED) is 0.344. The number of ketones is 1. The number of benzene rings is 2. The third-order valence-corrected chi connectivity index (χ3v) is 10.2. The molecule has 3 aromatic rings. The van der Waals surface area contributed by atoms with Gasteiger partial charge in [0.05, 0.1) is 22.1 Å². The van der Waals surface area contributed by atoms with E-state index in [1.54, 1.807) is 29.2 Å². The van der Waals surface area contributed by atoms with E-state index in [2.05, 4.69) is 28.2 Å². The van der Waals surface area contributed by atoms with E-state index in [0.717, 1.165) is 44.3 Å². The van der Waals surface area contributed by atoms with Gasteiger partial charge in [-0.05, 0) is 67.1 Å². The predicted molar refractivity (Wildman–Crippen MR) is 173 cm³/mol. The number of hydrogen-bond acceptors (Lipinski definition) is 8. The second-order valence-electron chi connectivity index (χ2n) is 12.2. The summed E-state index contributed by atoms with van der Waals surface area (Å²) < 4.78 is 23.4. The van der Waals surface area contributed by atoms with Crippen molar-refractivity contribution in [3.8, 4) is 6.07 Å². The minimum atomic E-state index is -3.33. The van der Waals surface area contributed by atoms with Gasteiger partial charge in [0.1, 0.15) is 5.69 Å². The number of nitrogens with one attached hydrogen (secondary N) is 1. The average Bonchev–Trinajstić information content (AvgIpc) is 3.08. The zero-order chi connectivity index (χ0) is 32.8. The fourth-order valence-corrected chi connectivity index (χ4v) is 6.95. The van der Waals surface area contributed by atoms with Crippen LogP contribution in [0.1, 0.15) is 74.9 Å². The van der Waals surface area contributed by atoms with Crippen LogP contribution in [0.4, 0.5) is 0 Å².